The summed E-state index contributed by atoms with van der Waals surface area (Å²) in [5, 5.41) is 0.947. The molecular weight excluding hydrogens is 303 g/mol. The molecular formula is C14H16Cl2O4. The quantitative estimate of drug-likeness (QED) is 0.796. The summed E-state index contributed by atoms with van der Waals surface area (Å²) in [4.78, 5) is 12.0. The summed E-state index contributed by atoms with van der Waals surface area (Å²) < 4.78 is 16.4. The van der Waals surface area contributed by atoms with E-state index in [2.05, 4.69) is 0 Å². The van der Waals surface area contributed by atoms with Gasteiger partial charge in [0.1, 0.15) is 6.10 Å². The normalized spacial score (nSPS) is 24.6. The third-order valence-corrected chi connectivity index (χ3v) is 3.45. The lowest BCUT2D eigenvalue weighted by Crippen LogP contribution is -2.29. The van der Waals surface area contributed by atoms with Crippen molar-refractivity contribution in [2.24, 2.45) is 0 Å². The van der Waals surface area contributed by atoms with E-state index in [0.717, 1.165) is 0 Å². The van der Waals surface area contributed by atoms with Crippen LogP contribution in [0, 0.1) is 0 Å². The average molecular weight is 319 g/mol. The van der Waals surface area contributed by atoms with Crippen LogP contribution in [0.2, 0.25) is 10.0 Å². The molecule has 1 fully saturated rings. The highest BCUT2D eigenvalue weighted by molar-refractivity contribution is 6.35. The fourth-order valence-electron chi connectivity index (χ4n) is 2.12. The van der Waals surface area contributed by atoms with Crippen molar-refractivity contribution in [1.82, 2.24) is 0 Å². The molecule has 1 aromatic rings. The van der Waals surface area contributed by atoms with E-state index in [0.29, 0.717) is 15.6 Å². The van der Waals surface area contributed by atoms with Crippen LogP contribution in [-0.4, -0.2) is 24.5 Å². The number of benzene rings is 1. The van der Waals surface area contributed by atoms with Crippen LogP contribution in [0.1, 0.15) is 32.4 Å². The lowest BCUT2D eigenvalue weighted by molar-refractivity contribution is -0.170. The van der Waals surface area contributed by atoms with Gasteiger partial charge in [-0.2, -0.15) is 0 Å². The highest BCUT2D eigenvalue weighted by Gasteiger charge is 2.47. The first kappa shape index (κ1) is 15.6. The number of ether oxygens (including phenoxy) is 3. The van der Waals surface area contributed by atoms with Crippen molar-refractivity contribution in [2.45, 2.75) is 38.8 Å². The SMILES string of the molecule is CCOC(=O)[C@@H]1OC(C)(C)O[C@H]1c1ccc(Cl)cc1Cl. The van der Waals surface area contributed by atoms with Gasteiger partial charge in [-0.3, -0.25) is 0 Å². The Morgan fingerprint density at radius 2 is 2.05 bits per heavy atom. The van der Waals surface area contributed by atoms with Gasteiger partial charge in [-0.15, -0.1) is 0 Å². The molecule has 2 atom stereocenters. The second-order valence-corrected chi connectivity index (χ2v) is 5.74. The Kier molecular flexibility index (Phi) is 4.59. The highest BCUT2D eigenvalue weighted by Crippen LogP contribution is 2.41. The zero-order chi connectivity index (χ0) is 14.9. The second kappa shape index (κ2) is 5.90. The van der Waals surface area contributed by atoms with Gasteiger partial charge in [-0.05, 0) is 32.9 Å². The fourth-order valence-corrected chi connectivity index (χ4v) is 2.63. The minimum absolute atomic E-state index is 0.278. The zero-order valence-corrected chi connectivity index (χ0v) is 13.0. The summed E-state index contributed by atoms with van der Waals surface area (Å²) in [5.41, 5.74) is 0.652. The van der Waals surface area contributed by atoms with Gasteiger partial charge in [-0.25, -0.2) is 4.79 Å². The zero-order valence-electron chi connectivity index (χ0n) is 11.5. The third-order valence-electron chi connectivity index (χ3n) is 2.88. The smallest absolute Gasteiger partial charge is 0.338 e. The summed E-state index contributed by atoms with van der Waals surface area (Å²) >= 11 is 12.1. The Bertz CT molecular complexity index is 516. The van der Waals surface area contributed by atoms with E-state index in [-0.39, 0.29) is 6.61 Å². The Balaban J connectivity index is 2.33. The summed E-state index contributed by atoms with van der Waals surface area (Å²) in [7, 11) is 0. The molecule has 1 saturated heterocycles. The van der Waals surface area contributed by atoms with Crippen LogP contribution in [0.4, 0.5) is 0 Å². The first-order valence-corrected chi connectivity index (χ1v) is 7.07. The van der Waals surface area contributed by atoms with E-state index >= 15 is 0 Å². The first-order chi connectivity index (χ1) is 9.34. The predicted molar refractivity (Wildman–Crippen MR) is 75.9 cm³/mol. The van der Waals surface area contributed by atoms with Gasteiger partial charge in [0.05, 0.1) is 6.61 Å². The number of rotatable bonds is 3. The van der Waals surface area contributed by atoms with Crippen molar-refractivity contribution in [1.29, 1.82) is 0 Å². The van der Waals surface area contributed by atoms with Crippen LogP contribution >= 0.6 is 23.2 Å². The maximum atomic E-state index is 12.0. The monoisotopic (exact) mass is 318 g/mol. The Morgan fingerprint density at radius 1 is 1.35 bits per heavy atom. The van der Waals surface area contributed by atoms with Crippen molar-refractivity contribution < 1.29 is 19.0 Å². The fraction of sp³-hybridized carbons (Fsp3) is 0.500. The van der Waals surface area contributed by atoms with Crippen molar-refractivity contribution in [2.75, 3.05) is 6.61 Å². The van der Waals surface area contributed by atoms with Gasteiger partial charge >= 0.3 is 5.97 Å². The molecule has 0 bridgehead atoms. The van der Waals surface area contributed by atoms with Gasteiger partial charge in [0.25, 0.3) is 0 Å². The number of hydrogen-bond acceptors (Lipinski definition) is 4. The van der Waals surface area contributed by atoms with Crippen LogP contribution in [0.3, 0.4) is 0 Å². The molecule has 1 aliphatic heterocycles. The minimum atomic E-state index is -0.884. The average Bonchev–Trinajstić information content (AvgIpc) is 2.65. The number of esters is 1. The highest BCUT2D eigenvalue weighted by atomic mass is 35.5. The van der Waals surface area contributed by atoms with E-state index in [9.17, 15) is 4.79 Å². The van der Waals surface area contributed by atoms with E-state index in [1.54, 1.807) is 39.0 Å². The van der Waals surface area contributed by atoms with Crippen LogP contribution in [0.15, 0.2) is 18.2 Å². The van der Waals surface area contributed by atoms with Gasteiger partial charge in [-0.1, -0.05) is 29.3 Å². The molecule has 0 aliphatic carbocycles. The second-order valence-electron chi connectivity index (χ2n) is 4.89. The van der Waals surface area contributed by atoms with E-state index in [1.165, 1.54) is 0 Å². The van der Waals surface area contributed by atoms with E-state index in [4.69, 9.17) is 37.4 Å². The summed E-state index contributed by atoms with van der Waals surface area (Å²) in [5.74, 6) is -1.35. The van der Waals surface area contributed by atoms with Gasteiger partial charge in [0, 0.05) is 15.6 Å². The molecule has 0 radical (unpaired) electrons. The summed E-state index contributed by atoms with van der Waals surface area (Å²) in [6.45, 7) is 5.50. The van der Waals surface area contributed by atoms with E-state index in [1.807, 2.05) is 0 Å². The molecule has 20 heavy (non-hydrogen) atoms. The standard InChI is InChI=1S/C14H16Cl2O4/c1-4-18-13(17)12-11(19-14(2,3)20-12)9-6-5-8(15)7-10(9)16/h5-7,11-12H,4H2,1-3H3/t11-,12+/m0/s1. The molecule has 6 heteroatoms. The molecule has 0 N–H and O–H groups in total. The number of carbonyl (C=O) groups is 1. The lowest BCUT2D eigenvalue weighted by atomic mass is 10.0. The lowest BCUT2D eigenvalue weighted by Gasteiger charge is -2.17. The van der Waals surface area contributed by atoms with Crippen LogP contribution in [-0.2, 0) is 19.0 Å². The van der Waals surface area contributed by atoms with Crippen LogP contribution < -0.4 is 0 Å². The Morgan fingerprint density at radius 3 is 2.65 bits per heavy atom. The number of halogens is 2. The number of carbonyl (C=O) groups excluding carboxylic acids is 1. The molecule has 0 spiro atoms. The molecule has 0 aromatic heterocycles. The van der Waals surface area contributed by atoms with Gasteiger partial charge in [0.15, 0.2) is 11.9 Å². The molecule has 0 unspecified atom stereocenters. The molecule has 0 saturated carbocycles. The summed E-state index contributed by atoms with van der Waals surface area (Å²) in [6, 6.07) is 5.03. The van der Waals surface area contributed by atoms with Crippen LogP contribution in [0.5, 0.6) is 0 Å². The van der Waals surface area contributed by atoms with Crippen LogP contribution in [0.25, 0.3) is 0 Å². The van der Waals surface area contributed by atoms with Crippen molar-refractivity contribution in [3.05, 3.63) is 33.8 Å². The van der Waals surface area contributed by atoms with Gasteiger partial charge < -0.3 is 14.2 Å². The molecule has 1 aliphatic rings. The third kappa shape index (κ3) is 3.26. The maximum absolute atomic E-state index is 12.0. The van der Waals surface area contributed by atoms with Crippen molar-refractivity contribution >= 4 is 29.2 Å². The maximum Gasteiger partial charge on any atom is 0.338 e. The topological polar surface area (TPSA) is 44.8 Å². The van der Waals surface area contributed by atoms with Crippen molar-refractivity contribution in [3.8, 4) is 0 Å². The molecule has 1 aromatic carbocycles. The van der Waals surface area contributed by atoms with Gasteiger partial charge in [0.2, 0.25) is 0 Å². The molecule has 2 rings (SSSR count). The van der Waals surface area contributed by atoms with Crippen molar-refractivity contribution in [3.63, 3.8) is 0 Å². The molecule has 110 valence electrons. The molecule has 0 amide bonds. The van der Waals surface area contributed by atoms with E-state index < -0.39 is 24.0 Å². The first-order valence-electron chi connectivity index (χ1n) is 6.31. The number of hydrogen-bond donors (Lipinski definition) is 0. The minimum Gasteiger partial charge on any atom is -0.464 e. The molecule has 1 heterocycles. The Labute approximate surface area is 127 Å². The Hall–Kier alpha value is -0.810. The molecule has 4 nitrogen and oxygen atoms in total. The predicted octanol–water partition coefficient (Wildman–Crippen LogP) is 3.75. The largest absolute Gasteiger partial charge is 0.464 e. The summed E-state index contributed by atoms with van der Waals surface area (Å²) in [6.07, 6.45) is -1.46.